The van der Waals surface area contributed by atoms with Gasteiger partial charge in [-0.15, -0.1) is 10.2 Å². The van der Waals surface area contributed by atoms with E-state index in [0.717, 1.165) is 25.7 Å². The molecule has 36 heavy (non-hydrogen) atoms. The van der Waals surface area contributed by atoms with Crippen LogP contribution >= 0.6 is 11.6 Å². The molecule has 0 N–H and O–H groups in total. The van der Waals surface area contributed by atoms with E-state index in [9.17, 15) is 8.42 Å². The van der Waals surface area contributed by atoms with Crippen LogP contribution in [-0.4, -0.2) is 57.6 Å². The predicted molar refractivity (Wildman–Crippen MR) is 133 cm³/mol. The zero-order valence-corrected chi connectivity index (χ0v) is 22.0. The molecule has 0 radical (unpaired) electrons. The van der Waals surface area contributed by atoms with Crippen molar-refractivity contribution in [3.63, 3.8) is 0 Å². The minimum atomic E-state index is -3.74. The maximum absolute atomic E-state index is 13.6. The lowest BCUT2D eigenvalue weighted by Crippen LogP contribution is -2.47. The smallest absolute Gasteiger partial charge is 0.213 e. The molecule has 5 rings (SSSR count). The number of ether oxygens (including phenoxy) is 2. The highest BCUT2D eigenvalue weighted by Gasteiger charge is 2.53. The van der Waals surface area contributed by atoms with Crippen molar-refractivity contribution in [3.05, 3.63) is 47.3 Å². The van der Waals surface area contributed by atoms with Crippen LogP contribution in [0.3, 0.4) is 0 Å². The van der Waals surface area contributed by atoms with Gasteiger partial charge in [-0.3, -0.25) is 0 Å². The maximum Gasteiger partial charge on any atom is 0.213 e. The van der Waals surface area contributed by atoms with Crippen molar-refractivity contribution < 1.29 is 17.9 Å². The predicted octanol–water partition coefficient (Wildman–Crippen LogP) is 3.99. The zero-order valence-electron chi connectivity index (χ0n) is 20.5. The van der Waals surface area contributed by atoms with Gasteiger partial charge in [0.05, 0.1) is 17.4 Å². The van der Waals surface area contributed by atoms with Crippen LogP contribution < -0.4 is 4.74 Å². The molecule has 2 saturated carbocycles. The monoisotopic (exact) mass is 532 g/mol. The molecule has 12 heteroatoms. The van der Waals surface area contributed by atoms with Gasteiger partial charge in [-0.2, -0.15) is 0 Å². The summed E-state index contributed by atoms with van der Waals surface area (Å²) in [5, 5.41) is 8.24. The molecule has 2 aliphatic carbocycles. The first-order chi connectivity index (χ1) is 17.3. The molecule has 3 aromatic heterocycles. The van der Waals surface area contributed by atoms with E-state index in [1.54, 1.807) is 20.1 Å². The normalized spacial score (nSPS) is 20.4. The summed E-state index contributed by atoms with van der Waals surface area (Å²) in [7, 11) is -0.737. The highest BCUT2D eigenvalue weighted by Crippen LogP contribution is 2.62. The third-order valence-corrected chi connectivity index (χ3v) is 9.92. The molecular weight excluding hydrogens is 504 g/mol. The standard InChI is InChI=1S/C24H29ClN6O4S/c1-15(21(35-3)22-26-12-16(25)13-27-22)36(32,33)14-19-29-30-23(17-6-4-7-20(28-17)34-2)31(19)18-8-11-24(18)9-5-10-24/h4,6-7,12-13,15,18,21H,5,8-11,14H2,1-3H3/t15-,18-,21-/m0/s1. The Kier molecular flexibility index (Phi) is 6.73. The molecule has 3 heterocycles. The Hall–Kier alpha value is -2.63. The van der Waals surface area contributed by atoms with Crippen molar-refractivity contribution in [2.24, 2.45) is 5.41 Å². The Morgan fingerprint density at radius 3 is 2.50 bits per heavy atom. The lowest BCUT2D eigenvalue weighted by molar-refractivity contribution is -0.0390. The molecule has 0 amide bonds. The summed E-state index contributed by atoms with van der Waals surface area (Å²) < 4.78 is 40.1. The van der Waals surface area contributed by atoms with Gasteiger partial charge < -0.3 is 14.0 Å². The second kappa shape index (κ2) is 9.68. The molecule has 3 aromatic rings. The fourth-order valence-corrected chi connectivity index (χ4v) is 6.88. The number of rotatable bonds is 9. The molecule has 3 atom stereocenters. The topological polar surface area (TPSA) is 122 Å². The third-order valence-electron chi connectivity index (χ3n) is 7.68. The van der Waals surface area contributed by atoms with E-state index in [0.29, 0.717) is 28.2 Å². The minimum Gasteiger partial charge on any atom is -0.481 e. The van der Waals surface area contributed by atoms with Crippen molar-refractivity contribution >= 4 is 21.4 Å². The van der Waals surface area contributed by atoms with Crippen LogP contribution in [0.1, 0.15) is 62.8 Å². The molecule has 1 spiro atoms. The summed E-state index contributed by atoms with van der Waals surface area (Å²) in [6.07, 6.45) is 7.52. The highest BCUT2D eigenvalue weighted by molar-refractivity contribution is 7.91. The molecule has 2 fully saturated rings. The average Bonchev–Trinajstić information content (AvgIpc) is 3.21. The average molecular weight is 533 g/mol. The van der Waals surface area contributed by atoms with Gasteiger partial charge in [-0.05, 0) is 44.1 Å². The first-order valence-corrected chi connectivity index (χ1v) is 14.0. The van der Waals surface area contributed by atoms with Crippen LogP contribution in [0.5, 0.6) is 5.88 Å². The van der Waals surface area contributed by atoms with Gasteiger partial charge in [-0.1, -0.05) is 24.1 Å². The van der Waals surface area contributed by atoms with Crippen LogP contribution in [-0.2, 0) is 20.3 Å². The summed E-state index contributed by atoms with van der Waals surface area (Å²) >= 11 is 5.90. The van der Waals surface area contributed by atoms with Gasteiger partial charge in [0.2, 0.25) is 5.88 Å². The molecule has 0 aromatic carbocycles. The van der Waals surface area contributed by atoms with E-state index in [2.05, 4.69) is 25.1 Å². The molecule has 192 valence electrons. The SMILES string of the molecule is COc1cccc(-c2nnc(CS(=O)(=O)[C@@H](C)[C@H](OC)c3ncc(Cl)cn3)n2[C@H]2CCC23CCC3)n1. The number of methoxy groups -OCH3 is 2. The Balaban J connectivity index is 1.50. The number of nitrogens with zero attached hydrogens (tertiary/aromatic N) is 6. The molecule has 10 nitrogen and oxygen atoms in total. The Morgan fingerprint density at radius 1 is 1.17 bits per heavy atom. The molecule has 2 aliphatic rings. The summed E-state index contributed by atoms with van der Waals surface area (Å²) in [5.41, 5.74) is 0.788. The number of aromatic nitrogens is 6. The quantitative estimate of drug-likeness (QED) is 0.402. The van der Waals surface area contributed by atoms with Gasteiger partial charge in [0.1, 0.15) is 23.4 Å². The van der Waals surface area contributed by atoms with Crippen molar-refractivity contribution in [2.45, 2.75) is 62.2 Å². The molecular formula is C24H29ClN6O4S. The number of sulfone groups is 1. The van der Waals surface area contributed by atoms with Gasteiger partial charge >= 0.3 is 0 Å². The van der Waals surface area contributed by atoms with Crippen molar-refractivity contribution in [2.75, 3.05) is 14.2 Å². The Bertz CT molecular complexity index is 1340. The third kappa shape index (κ3) is 4.37. The molecule has 0 aliphatic heterocycles. The first kappa shape index (κ1) is 25.0. The van der Waals surface area contributed by atoms with E-state index in [-0.39, 0.29) is 23.0 Å². The highest BCUT2D eigenvalue weighted by atomic mass is 35.5. The van der Waals surface area contributed by atoms with Gasteiger partial charge in [-0.25, -0.2) is 23.4 Å². The van der Waals surface area contributed by atoms with Crippen molar-refractivity contribution in [1.29, 1.82) is 0 Å². The van der Waals surface area contributed by atoms with E-state index in [1.807, 2.05) is 16.7 Å². The van der Waals surface area contributed by atoms with Crippen LogP contribution in [0.2, 0.25) is 5.02 Å². The lowest BCUT2D eigenvalue weighted by Gasteiger charge is -2.56. The summed E-state index contributed by atoms with van der Waals surface area (Å²) in [6.45, 7) is 1.60. The number of pyridine rings is 1. The number of hydrogen-bond acceptors (Lipinski definition) is 9. The van der Waals surface area contributed by atoms with E-state index < -0.39 is 21.2 Å². The van der Waals surface area contributed by atoms with E-state index in [4.69, 9.17) is 21.1 Å². The van der Waals surface area contributed by atoms with Crippen molar-refractivity contribution in [3.8, 4) is 17.4 Å². The fraction of sp³-hybridized carbons (Fsp3) is 0.542. The summed E-state index contributed by atoms with van der Waals surface area (Å²) in [4.78, 5) is 12.9. The van der Waals surface area contributed by atoms with Gasteiger partial charge in [0.25, 0.3) is 0 Å². The molecule has 0 bridgehead atoms. The lowest BCUT2D eigenvalue weighted by atomic mass is 9.53. The van der Waals surface area contributed by atoms with Crippen LogP contribution in [0.4, 0.5) is 0 Å². The number of halogens is 1. The minimum absolute atomic E-state index is 0.141. The Morgan fingerprint density at radius 2 is 1.92 bits per heavy atom. The van der Waals surface area contributed by atoms with Gasteiger partial charge in [0, 0.05) is 31.6 Å². The summed E-state index contributed by atoms with van der Waals surface area (Å²) in [6, 6.07) is 5.59. The summed E-state index contributed by atoms with van der Waals surface area (Å²) in [5.74, 6) is 1.40. The maximum atomic E-state index is 13.6. The van der Waals surface area contributed by atoms with E-state index in [1.165, 1.54) is 25.9 Å². The molecule has 0 unspecified atom stereocenters. The van der Waals surface area contributed by atoms with Crippen LogP contribution in [0, 0.1) is 5.41 Å². The zero-order chi connectivity index (χ0) is 25.5. The second-order valence-corrected chi connectivity index (χ2v) is 12.4. The number of hydrogen-bond donors (Lipinski definition) is 0. The Labute approximate surface area is 215 Å². The van der Waals surface area contributed by atoms with Gasteiger partial charge in [0.15, 0.2) is 21.5 Å². The van der Waals surface area contributed by atoms with Crippen LogP contribution in [0.15, 0.2) is 30.6 Å². The van der Waals surface area contributed by atoms with E-state index >= 15 is 0 Å². The fourth-order valence-electron chi connectivity index (χ4n) is 5.35. The van der Waals surface area contributed by atoms with Crippen molar-refractivity contribution in [1.82, 2.24) is 29.7 Å². The first-order valence-electron chi connectivity index (χ1n) is 11.9. The second-order valence-electron chi connectivity index (χ2n) is 9.57. The van der Waals surface area contributed by atoms with Crippen LogP contribution in [0.25, 0.3) is 11.5 Å². The molecule has 0 saturated heterocycles. The largest absolute Gasteiger partial charge is 0.481 e.